The van der Waals surface area contributed by atoms with Crippen molar-refractivity contribution in [1.29, 1.82) is 0 Å². The second-order valence-electron chi connectivity index (χ2n) is 3.88. The molecule has 1 amide bonds. The van der Waals surface area contributed by atoms with Gasteiger partial charge in [-0.15, -0.1) is 0 Å². The Balaban J connectivity index is 0.000000174. The molecule has 0 saturated heterocycles. The van der Waals surface area contributed by atoms with Crippen LogP contribution >= 0.6 is 0 Å². The first kappa shape index (κ1) is 17.0. The molecule has 0 fully saturated rings. The van der Waals surface area contributed by atoms with Crippen molar-refractivity contribution in [1.82, 2.24) is 5.32 Å². The number of nitrogens with one attached hydrogen (secondary N) is 1. The van der Waals surface area contributed by atoms with Crippen LogP contribution in [0.25, 0.3) is 0 Å². The summed E-state index contributed by atoms with van der Waals surface area (Å²) in [4.78, 5) is 10.5. The van der Waals surface area contributed by atoms with Crippen molar-refractivity contribution in [2.24, 2.45) is 0 Å². The third-order valence-corrected chi connectivity index (χ3v) is 2.23. The van der Waals surface area contributed by atoms with Gasteiger partial charge in [-0.25, -0.2) is 4.79 Å². The van der Waals surface area contributed by atoms with E-state index in [9.17, 15) is 4.79 Å². The number of amides is 1. The highest BCUT2D eigenvalue weighted by Crippen LogP contribution is 2.09. The lowest BCUT2D eigenvalue weighted by Gasteiger charge is -1.96. The summed E-state index contributed by atoms with van der Waals surface area (Å²) < 4.78 is 9.31. The average molecular weight is 297 g/mol. The zero-order valence-electron chi connectivity index (χ0n) is 12.4. The Bertz CT molecular complexity index is 495. The number of rotatable bonds is 1. The van der Waals surface area contributed by atoms with Crippen LogP contribution in [-0.2, 0) is 0 Å². The van der Waals surface area contributed by atoms with Crippen LogP contribution in [0.3, 0.4) is 0 Å². The van der Waals surface area contributed by atoms with Crippen molar-refractivity contribution in [2.75, 3.05) is 7.05 Å². The number of carbonyl (C=O) groups is 1. The first-order chi connectivity index (χ1) is 10.8. The average Bonchev–Trinajstić information content (AvgIpc) is 3.12. The smallest absolute Gasteiger partial charge is 0.414 e. The zero-order valence-corrected chi connectivity index (χ0v) is 12.4. The van der Waals surface area contributed by atoms with Crippen LogP contribution in [0.1, 0.15) is 0 Å². The highest BCUT2D eigenvalue weighted by molar-refractivity contribution is 5.69. The van der Waals surface area contributed by atoms with Crippen molar-refractivity contribution in [3.8, 4) is 5.95 Å². The third kappa shape index (κ3) is 8.98. The Morgan fingerprint density at radius 1 is 0.818 bits per heavy atom. The quantitative estimate of drug-likeness (QED) is 0.725. The SMILES string of the molecule is CNC(=O)Oc1ccco1.c1ccccc1.c1ccccc1. The Hall–Kier alpha value is -3.01. The molecule has 0 bridgehead atoms. The van der Waals surface area contributed by atoms with Crippen LogP contribution < -0.4 is 10.1 Å². The van der Waals surface area contributed by atoms with Crippen molar-refractivity contribution in [3.05, 3.63) is 91.2 Å². The maximum atomic E-state index is 10.5. The molecule has 1 aromatic heterocycles. The van der Waals surface area contributed by atoms with Crippen LogP contribution in [0.15, 0.2) is 95.6 Å². The first-order valence-corrected chi connectivity index (χ1v) is 6.76. The van der Waals surface area contributed by atoms with E-state index in [-0.39, 0.29) is 5.95 Å². The fourth-order valence-corrected chi connectivity index (χ4v) is 1.23. The van der Waals surface area contributed by atoms with Gasteiger partial charge in [0.1, 0.15) is 0 Å². The van der Waals surface area contributed by atoms with Gasteiger partial charge in [-0.3, -0.25) is 0 Å². The Morgan fingerprint density at radius 3 is 1.50 bits per heavy atom. The van der Waals surface area contributed by atoms with E-state index in [1.165, 1.54) is 13.3 Å². The maximum Gasteiger partial charge on any atom is 0.414 e. The number of hydrogen-bond donors (Lipinski definition) is 1. The maximum absolute atomic E-state index is 10.5. The van der Waals surface area contributed by atoms with Crippen molar-refractivity contribution in [3.63, 3.8) is 0 Å². The van der Waals surface area contributed by atoms with Crippen LogP contribution in [0, 0.1) is 0 Å². The van der Waals surface area contributed by atoms with Gasteiger partial charge in [-0.1, -0.05) is 72.8 Å². The molecule has 0 atom stereocenters. The summed E-state index contributed by atoms with van der Waals surface area (Å²) >= 11 is 0. The summed E-state index contributed by atoms with van der Waals surface area (Å²) in [6, 6.07) is 27.2. The Morgan fingerprint density at radius 2 is 1.23 bits per heavy atom. The van der Waals surface area contributed by atoms with Gasteiger partial charge in [0, 0.05) is 13.1 Å². The Kier molecular flexibility index (Phi) is 9.13. The summed E-state index contributed by atoms with van der Waals surface area (Å²) in [5.41, 5.74) is 0. The van der Waals surface area contributed by atoms with Crippen LogP contribution in [-0.4, -0.2) is 13.1 Å². The topological polar surface area (TPSA) is 51.5 Å². The molecule has 0 saturated carbocycles. The summed E-state index contributed by atoms with van der Waals surface area (Å²) in [5, 5.41) is 2.28. The summed E-state index contributed by atoms with van der Waals surface area (Å²) in [5.74, 6) is 0.194. The second-order valence-corrected chi connectivity index (χ2v) is 3.88. The molecule has 3 rings (SSSR count). The van der Waals surface area contributed by atoms with Gasteiger partial charge >= 0.3 is 6.09 Å². The van der Waals surface area contributed by atoms with Crippen LogP contribution in [0.5, 0.6) is 5.95 Å². The molecule has 0 aliphatic carbocycles. The van der Waals surface area contributed by atoms with E-state index < -0.39 is 6.09 Å². The van der Waals surface area contributed by atoms with E-state index in [1.807, 2.05) is 72.8 Å². The number of ether oxygens (including phenoxy) is 1. The molecule has 2 aromatic carbocycles. The van der Waals surface area contributed by atoms with Gasteiger partial charge < -0.3 is 14.5 Å². The molecule has 0 spiro atoms. The van der Waals surface area contributed by atoms with Crippen LogP contribution in [0.4, 0.5) is 4.79 Å². The van der Waals surface area contributed by atoms with Gasteiger partial charge in [0.2, 0.25) is 0 Å². The first-order valence-electron chi connectivity index (χ1n) is 6.76. The minimum Gasteiger partial charge on any atom is -0.434 e. The number of hydrogen-bond acceptors (Lipinski definition) is 3. The van der Waals surface area contributed by atoms with Gasteiger partial charge in [-0.05, 0) is 6.07 Å². The fourth-order valence-electron chi connectivity index (χ4n) is 1.23. The lowest BCUT2D eigenvalue weighted by atomic mass is 10.4. The van der Waals surface area contributed by atoms with E-state index in [0.717, 1.165) is 0 Å². The zero-order chi connectivity index (χ0) is 15.9. The predicted octanol–water partition coefficient (Wildman–Crippen LogP) is 4.37. The molecule has 0 radical (unpaired) electrons. The molecule has 1 N–H and O–H groups in total. The molecule has 0 unspecified atom stereocenters. The van der Waals surface area contributed by atoms with E-state index >= 15 is 0 Å². The third-order valence-electron chi connectivity index (χ3n) is 2.23. The van der Waals surface area contributed by atoms with Gasteiger partial charge in [-0.2, -0.15) is 0 Å². The summed E-state index contributed by atoms with van der Waals surface area (Å²) in [6.45, 7) is 0. The van der Waals surface area contributed by atoms with Crippen molar-refractivity contribution >= 4 is 6.09 Å². The molecule has 4 nitrogen and oxygen atoms in total. The molecule has 3 aromatic rings. The summed E-state index contributed by atoms with van der Waals surface area (Å²) in [7, 11) is 1.48. The molecule has 0 aliphatic rings. The minimum absolute atomic E-state index is 0.194. The van der Waals surface area contributed by atoms with Gasteiger partial charge in [0.25, 0.3) is 5.95 Å². The lowest BCUT2D eigenvalue weighted by molar-refractivity contribution is 0.190. The highest BCUT2D eigenvalue weighted by Gasteiger charge is 2.01. The molecule has 4 heteroatoms. The molecule has 22 heavy (non-hydrogen) atoms. The summed E-state index contributed by atoms with van der Waals surface area (Å²) in [6.07, 6.45) is 0.896. The van der Waals surface area contributed by atoms with E-state index in [1.54, 1.807) is 12.1 Å². The van der Waals surface area contributed by atoms with Crippen molar-refractivity contribution < 1.29 is 13.9 Å². The van der Waals surface area contributed by atoms with E-state index in [0.29, 0.717) is 0 Å². The highest BCUT2D eigenvalue weighted by atomic mass is 16.6. The normalized spacial score (nSPS) is 8.41. The second kappa shape index (κ2) is 11.8. The molecule has 0 aliphatic heterocycles. The molecular weight excluding hydrogens is 278 g/mol. The predicted molar refractivity (Wildman–Crippen MR) is 86.7 cm³/mol. The standard InChI is InChI=1S/C6H7NO3.2C6H6/c1-7-6(8)10-5-3-2-4-9-5;2*1-2-4-6-5-3-1/h2-4H,1H3,(H,7,8);2*1-6H. The molecular formula is C18H19NO3. The Labute approximate surface area is 130 Å². The van der Waals surface area contributed by atoms with Crippen LogP contribution in [0.2, 0.25) is 0 Å². The van der Waals surface area contributed by atoms with Gasteiger partial charge in [0.15, 0.2) is 0 Å². The fraction of sp³-hybridized carbons (Fsp3) is 0.0556. The minimum atomic E-state index is -0.532. The van der Waals surface area contributed by atoms with E-state index in [4.69, 9.17) is 4.42 Å². The number of furan rings is 1. The number of benzene rings is 2. The number of carbonyl (C=O) groups excluding carboxylic acids is 1. The van der Waals surface area contributed by atoms with Crippen molar-refractivity contribution in [2.45, 2.75) is 0 Å². The van der Waals surface area contributed by atoms with E-state index in [2.05, 4.69) is 10.1 Å². The molecule has 114 valence electrons. The lowest BCUT2D eigenvalue weighted by Crippen LogP contribution is -2.21. The largest absolute Gasteiger partial charge is 0.434 e. The molecule has 1 heterocycles. The monoisotopic (exact) mass is 297 g/mol. The van der Waals surface area contributed by atoms with Gasteiger partial charge in [0.05, 0.1) is 6.26 Å².